The van der Waals surface area contributed by atoms with Gasteiger partial charge in [0.2, 0.25) is 0 Å². The van der Waals surface area contributed by atoms with E-state index < -0.39 is 10.4 Å². The molecule has 87 valence electrons. The van der Waals surface area contributed by atoms with E-state index in [2.05, 4.69) is 11.1 Å². The molecule has 7 heteroatoms. The fourth-order valence-electron chi connectivity index (χ4n) is 0.931. The van der Waals surface area contributed by atoms with Gasteiger partial charge in [-0.2, -0.15) is 8.42 Å². The minimum absolute atomic E-state index is 0. The van der Waals surface area contributed by atoms with Crippen molar-refractivity contribution in [1.82, 2.24) is 0 Å². The Labute approximate surface area is 114 Å². The normalized spacial score (nSPS) is 11.1. The van der Waals surface area contributed by atoms with Crippen molar-refractivity contribution in [3.8, 4) is 0 Å². The molecule has 0 rings (SSSR count). The van der Waals surface area contributed by atoms with Crippen LogP contribution in [0.1, 0.15) is 32.6 Å². The Morgan fingerprint density at radius 3 is 2.27 bits per heavy atom. The van der Waals surface area contributed by atoms with Gasteiger partial charge in [-0.25, -0.2) is 4.18 Å². The van der Waals surface area contributed by atoms with Crippen LogP contribution in [0.3, 0.4) is 0 Å². The van der Waals surface area contributed by atoms with Crippen LogP contribution in [0.15, 0.2) is 0 Å². The Morgan fingerprint density at radius 2 is 1.73 bits per heavy atom. The van der Waals surface area contributed by atoms with Crippen molar-refractivity contribution in [3.05, 3.63) is 0 Å². The van der Waals surface area contributed by atoms with Gasteiger partial charge in [-0.15, -0.1) is 0 Å². The van der Waals surface area contributed by atoms with Crippen LogP contribution in [-0.4, -0.2) is 62.3 Å². The van der Waals surface area contributed by atoms with E-state index in [0.29, 0.717) is 6.61 Å². The van der Waals surface area contributed by atoms with Crippen molar-refractivity contribution in [2.24, 2.45) is 0 Å². The van der Waals surface area contributed by atoms with Gasteiger partial charge in [0.1, 0.15) is 0 Å². The fraction of sp³-hybridized carbons (Fsp3) is 1.00. The average Bonchev–Trinajstić information content (AvgIpc) is 2.08. The number of rotatable bonds is 9. The van der Waals surface area contributed by atoms with Gasteiger partial charge in [0.05, 0.1) is 13.2 Å². The summed E-state index contributed by atoms with van der Waals surface area (Å²) in [5, 5.41) is 0. The summed E-state index contributed by atoms with van der Waals surface area (Å²) in [5.41, 5.74) is 0. The van der Waals surface area contributed by atoms with Gasteiger partial charge in [0.15, 0.2) is 0 Å². The predicted octanol–water partition coefficient (Wildman–Crippen LogP) is 1.02. The van der Waals surface area contributed by atoms with Gasteiger partial charge in [0, 0.05) is 36.2 Å². The summed E-state index contributed by atoms with van der Waals surface area (Å²) >= 11 is 0. The number of ether oxygens (including phenoxy) is 1. The van der Waals surface area contributed by atoms with E-state index in [0.717, 1.165) is 12.8 Å². The molecule has 0 aromatic carbocycles. The zero-order chi connectivity index (χ0) is 10.9. The number of unbranched alkanes of at least 4 members (excludes halogenated alkanes) is 3. The van der Waals surface area contributed by atoms with Crippen molar-refractivity contribution in [2.75, 3.05) is 19.8 Å². The molecule has 0 aromatic heterocycles. The Balaban J connectivity index is 0. The van der Waals surface area contributed by atoms with E-state index in [-0.39, 0.29) is 42.8 Å². The third-order valence-corrected chi connectivity index (χ3v) is 2.07. The standard InChI is InChI=1S/C8H18O5S.Na/c1-2-3-4-5-6-12-7-8-13-14(9,10)11;/h2-8H2,1H3,(H,9,10,11);. The number of hydrogen-bond donors (Lipinski definition) is 1. The first-order chi connectivity index (χ1) is 6.56. The van der Waals surface area contributed by atoms with Gasteiger partial charge in [0.25, 0.3) is 0 Å². The molecule has 0 heterocycles. The van der Waals surface area contributed by atoms with E-state index in [4.69, 9.17) is 9.29 Å². The Hall–Kier alpha value is 0.830. The second-order valence-electron chi connectivity index (χ2n) is 2.92. The van der Waals surface area contributed by atoms with E-state index in [1.807, 2.05) is 0 Å². The smallest absolute Gasteiger partial charge is 0.379 e. The molecule has 0 atom stereocenters. The van der Waals surface area contributed by atoms with Crippen LogP contribution in [-0.2, 0) is 19.3 Å². The van der Waals surface area contributed by atoms with Crippen molar-refractivity contribution >= 4 is 40.0 Å². The van der Waals surface area contributed by atoms with Crippen molar-refractivity contribution in [3.63, 3.8) is 0 Å². The van der Waals surface area contributed by atoms with Crippen LogP contribution >= 0.6 is 0 Å². The molecule has 15 heavy (non-hydrogen) atoms. The molecule has 1 N–H and O–H groups in total. The second kappa shape index (κ2) is 11.3. The zero-order valence-corrected chi connectivity index (χ0v) is 12.3. The molecule has 0 bridgehead atoms. The van der Waals surface area contributed by atoms with E-state index in [9.17, 15) is 8.42 Å². The van der Waals surface area contributed by atoms with Crippen LogP contribution in [0, 0.1) is 0 Å². The molecule has 0 aliphatic heterocycles. The van der Waals surface area contributed by atoms with Crippen LogP contribution in [0.5, 0.6) is 0 Å². The van der Waals surface area contributed by atoms with Gasteiger partial charge >= 0.3 is 10.4 Å². The average molecular weight is 249 g/mol. The minimum atomic E-state index is -4.31. The first kappa shape index (κ1) is 18.2. The molecule has 1 radical (unpaired) electrons. The summed E-state index contributed by atoms with van der Waals surface area (Å²) in [6.07, 6.45) is 4.45. The second-order valence-corrected chi connectivity index (χ2v) is 4.01. The van der Waals surface area contributed by atoms with Crippen LogP contribution < -0.4 is 0 Å². The van der Waals surface area contributed by atoms with E-state index >= 15 is 0 Å². The molecular weight excluding hydrogens is 231 g/mol. The van der Waals surface area contributed by atoms with Gasteiger partial charge in [-0.3, -0.25) is 4.55 Å². The van der Waals surface area contributed by atoms with Crippen LogP contribution in [0.25, 0.3) is 0 Å². The van der Waals surface area contributed by atoms with E-state index in [1.165, 1.54) is 12.8 Å². The summed E-state index contributed by atoms with van der Waals surface area (Å²) in [5.74, 6) is 0. The summed E-state index contributed by atoms with van der Waals surface area (Å²) in [6, 6.07) is 0. The molecular formula is C8H18NaO5S. The summed E-state index contributed by atoms with van der Waals surface area (Å²) < 4.78 is 37.5. The molecule has 0 aromatic rings. The summed E-state index contributed by atoms with van der Waals surface area (Å²) in [4.78, 5) is 0. The Kier molecular flexibility index (Phi) is 13.7. The molecule has 5 nitrogen and oxygen atoms in total. The topological polar surface area (TPSA) is 72.8 Å². The molecule has 0 saturated heterocycles. The monoisotopic (exact) mass is 249 g/mol. The predicted molar refractivity (Wildman–Crippen MR) is 58.2 cm³/mol. The fourth-order valence-corrected chi connectivity index (χ4v) is 1.21. The number of hydrogen-bond acceptors (Lipinski definition) is 4. The van der Waals surface area contributed by atoms with Gasteiger partial charge in [-0.1, -0.05) is 26.2 Å². The Bertz CT molecular complexity index is 217. The maximum Gasteiger partial charge on any atom is 0.397 e. The molecule has 0 unspecified atom stereocenters. The quantitative estimate of drug-likeness (QED) is 0.375. The molecule has 0 fully saturated rings. The van der Waals surface area contributed by atoms with Crippen molar-refractivity contribution < 1.29 is 21.9 Å². The molecule has 0 amide bonds. The van der Waals surface area contributed by atoms with Crippen molar-refractivity contribution in [1.29, 1.82) is 0 Å². The zero-order valence-electron chi connectivity index (χ0n) is 9.44. The van der Waals surface area contributed by atoms with Gasteiger partial charge in [-0.05, 0) is 6.42 Å². The SMILES string of the molecule is CCCCCCOCCOS(=O)(=O)O.[Na]. The first-order valence-electron chi connectivity index (χ1n) is 4.76. The summed E-state index contributed by atoms with van der Waals surface area (Å²) in [7, 11) is -4.31. The van der Waals surface area contributed by atoms with Crippen LogP contribution in [0.2, 0.25) is 0 Å². The third-order valence-electron chi connectivity index (χ3n) is 1.60. The maximum atomic E-state index is 10.1. The molecule has 0 saturated carbocycles. The molecule has 0 aliphatic rings. The first-order valence-corrected chi connectivity index (χ1v) is 6.12. The largest absolute Gasteiger partial charge is 0.397 e. The molecule has 0 aliphatic carbocycles. The molecule has 0 spiro atoms. The van der Waals surface area contributed by atoms with Crippen molar-refractivity contribution in [2.45, 2.75) is 32.6 Å². The van der Waals surface area contributed by atoms with E-state index in [1.54, 1.807) is 0 Å². The maximum absolute atomic E-state index is 10.1. The van der Waals surface area contributed by atoms with Gasteiger partial charge < -0.3 is 4.74 Å². The van der Waals surface area contributed by atoms with Crippen LogP contribution in [0.4, 0.5) is 0 Å². The summed E-state index contributed by atoms with van der Waals surface area (Å²) in [6.45, 7) is 2.79. The third kappa shape index (κ3) is 17.4. The Morgan fingerprint density at radius 1 is 1.07 bits per heavy atom. The minimum Gasteiger partial charge on any atom is -0.379 e.